The molecule has 4 nitrogen and oxygen atoms in total. The minimum absolute atomic E-state index is 0.159. The summed E-state index contributed by atoms with van der Waals surface area (Å²) in [6.07, 6.45) is 3.15. The number of esters is 1. The second-order valence-corrected chi connectivity index (χ2v) is 3.89. The van der Waals surface area contributed by atoms with Crippen LogP contribution in [0, 0.1) is 0 Å². The predicted molar refractivity (Wildman–Crippen MR) is 68.0 cm³/mol. The van der Waals surface area contributed by atoms with Crippen molar-refractivity contribution in [1.29, 1.82) is 0 Å². The van der Waals surface area contributed by atoms with Gasteiger partial charge >= 0.3 is 5.97 Å². The number of H-pyrrole nitrogens is 1. The first kappa shape index (κ1) is 11.5. The number of benzene rings is 1. The summed E-state index contributed by atoms with van der Waals surface area (Å²) in [4.78, 5) is 14.1. The maximum Gasteiger partial charge on any atom is 0.305 e. The van der Waals surface area contributed by atoms with Crippen LogP contribution in [0.25, 0.3) is 10.9 Å². The van der Waals surface area contributed by atoms with Crippen molar-refractivity contribution in [1.82, 2.24) is 4.98 Å². The van der Waals surface area contributed by atoms with Crippen LogP contribution in [0.5, 0.6) is 0 Å². The van der Waals surface area contributed by atoms with Crippen molar-refractivity contribution >= 4 is 22.6 Å². The van der Waals surface area contributed by atoms with Gasteiger partial charge in [-0.25, -0.2) is 0 Å². The summed E-state index contributed by atoms with van der Waals surface area (Å²) in [5.74, 6) is -0.159. The van der Waals surface area contributed by atoms with Crippen LogP contribution in [0.15, 0.2) is 30.5 Å². The van der Waals surface area contributed by atoms with Crippen LogP contribution >= 0.6 is 0 Å². The lowest BCUT2D eigenvalue weighted by molar-refractivity contribution is -0.140. The van der Waals surface area contributed by atoms with E-state index >= 15 is 0 Å². The van der Waals surface area contributed by atoms with Gasteiger partial charge in [0.2, 0.25) is 0 Å². The number of methoxy groups -OCH3 is 1. The summed E-state index contributed by atoms with van der Waals surface area (Å²) in [6.45, 7) is 0.769. The van der Waals surface area contributed by atoms with E-state index < -0.39 is 0 Å². The molecule has 2 N–H and O–H groups in total. The molecule has 0 aliphatic rings. The Balaban J connectivity index is 1.84. The van der Waals surface area contributed by atoms with Gasteiger partial charge in [-0.2, -0.15) is 0 Å². The Hall–Kier alpha value is -1.97. The van der Waals surface area contributed by atoms with Gasteiger partial charge in [0.05, 0.1) is 7.11 Å². The van der Waals surface area contributed by atoms with Crippen LogP contribution < -0.4 is 5.32 Å². The van der Waals surface area contributed by atoms with Gasteiger partial charge in [-0.1, -0.05) is 0 Å². The summed E-state index contributed by atoms with van der Waals surface area (Å²) in [6, 6.07) is 8.19. The molecular weight excluding hydrogens is 216 g/mol. The van der Waals surface area contributed by atoms with Crippen LogP contribution in [0.2, 0.25) is 0 Å². The number of hydrogen-bond donors (Lipinski definition) is 2. The van der Waals surface area contributed by atoms with Gasteiger partial charge in [0.25, 0.3) is 0 Å². The lowest BCUT2D eigenvalue weighted by Crippen LogP contribution is -2.06. The highest BCUT2D eigenvalue weighted by molar-refractivity contribution is 5.82. The third-order valence-electron chi connectivity index (χ3n) is 2.67. The van der Waals surface area contributed by atoms with E-state index in [0.717, 1.165) is 24.2 Å². The van der Waals surface area contributed by atoms with Crippen molar-refractivity contribution in [2.45, 2.75) is 12.8 Å². The summed E-state index contributed by atoms with van der Waals surface area (Å²) < 4.78 is 4.58. The Morgan fingerprint density at radius 1 is 1.41 bits per heavy atom. The standard InChI is InChI=1S/C13H16N2O2/c1-17-13(16)3-2-7-14-11-4-5-12-10(9-11)6-8-15-12/h4-6,8-9,14-15H,2-3,7H2,1H3. The quantitative estimate of drug-likeness (QED) is 0.615. The molecule has 1 aromatic carbocycles. The molecule has 1 heterocycles. The summed E-state index contributed by atoms with van der Waals surface area (Å²) in [5, 5.41) is 4.47. The topological polar surface area (TPSA) is 54.1 Å². The van der Waals surface area contributed by atoms with E-state index in [-0.39, 0.29) is 5.97 Å². The molecular formula is C13H16N2O2. The zero-order valence-corrected chi connectivity index (χ0v) is 9.82. The summed E-state index contributed by atoms with van der Waals surface area (Å²) in [5.41, 5.74) is 2.20. The molecule has 0 bridgehead atoms. The maximum atomic E-state index is 10.9. The molecule has 0 amide bonds. The monoisotopic (exact) mass is 232 g/mol. The van der Waals surface area contributed by atoms with Gasteiger partial charge in [-0.05, 0) is 30.7 Å². The van der Waals surface area contributed by atoms with E-state index in [1.807, 2.05) is 24.4 Å². The average molecular weight is 232 g/mol. The second kappa shape index (κ2) is 5.39. The van der Waals surface area contributed by atoms with Crippen molar-refractivity contribution in [2.24, 2.45) is 0 Å². The third-order valence-corrected chi connectivity index (χ3v) is 2.67. The van der Waals surface area contributed by atoms with Crippen LogP contribution in [0.1, 0.15) is 12.8 Å². The smallest absolute Gasteiger partial charge is 0.305 e. The SMILES string of the molecule is COC(=O)CCCNc1ccc2[nH]ccc2c1. The molecule has 0 aliphatic carbocycles. The fourth-order valence-corrected chi connectivity index (χ4v) is 1.73. The van der Waals surface area contributed by atoms with Gasteiger partial charge in [-0.3, -0.25) is 4.79 Å². The zero-order valence-electron chi connectivity index (χ0n) is 9.82. The number of carbonyl (C=O) groups is 1. The minimum Gasteiger partial charge on any atom is -0.469 e. The highest BCUT2D eigenvalue weighted by Crippen LogP contribution is 2.17. The molecule has 17 heavy (non-hydrogen) atoms. The van der Waals surface area contributed by atoms with Crippen LogP contribution in [-0.2, 0) is 9.53 Å². The van der Waals surface area contributed by atoms with E-state index in [1.165, 1.54) is 12.5 Å². The molecule has 2 rings (SSSR count). The molecule has 0 spiro atoms. The number of anilines is 1. The Morgan fingerprint density at radius 3 is 3.12 bits per heavy atom. The van der Waals surface area contributed by atoms with Crippen molar-refractivity contribution in [3.8, 4) is 0 Å². The largest absolute Gasteiger partial charge is 0.469 e. The van der Waals surface area contributed by atoms with Crippen molar-refractivity contribution in [3.05, 3.63) is 30.5 Å². The van der Waals surface area contributed by atoms with Gasteiger partial charge in [0, 0.05) is 35.8 Å². The molecule has 90 valence electrons. The molecule has 0 atom stereocenters. The molecule has 0 saturated carbocycles. The first-order valence-corrected chi connectivity index (χ1v) is 5.67. The Labute approximate surface area is 100.0 Å². The highest BCUT2D eigenvalue weighted by atomic mass is 16.5. The van der Waals surface area contributed by atoms with E-state index in [9.17, 15) is 4.79 Å². The maximum absolute atomic E-state index is 10.9. The number of nitrogens with one attached hydrogen (secondary N) is 2. The average Bonchev–Trinajstić information content (AvgIpc) is 2.81. The molecule has 1 aromatic heterocycles. The predicted octanol–water partition coefficient (Wildman–Crippen LogP) is 2.53. The van der Waals surface area contributed by atoms with E-state index in [0.29, 0.717) is 6.42 Å². The summed E-state index contributed by atoms with van der Waals surface area (Å²) in [7, 11) is 1.41. The molecule has 4 heteroatoms. The van der Waals surface area contributed by atoms with Crippen LogP contribution in [-0.4, -0.2) is 24.6 Å². The van der Waals surface area contributed by atoms with E-state index in [2.05, 4.69) is 21.1 Å². The van der Waals surface area contributed by atoms with Gasteiger partial charge in [-0.15, -0.1) is 0 Å². The zero-order chi connectivity index (χ0) is 12.1. The number of ether oxygens (including phenoxy) is 1. The van der Waals surface area contributed by atoms with Gasteiger partial charge < -0.3 is 15.0 Å². The first-order chi connectivity index (χ1) is 8.29. The summed E-state index contributed by atoms with van der Waals surface area (Å²) >= 11 is 0. The minimum atomic E-state index is -0.159. The molecule has 2 aromatic rings. The van der Waals surface area contributed by atoms with Crippen molar-refractivity contribution < 1.29 is 9.53 Å². The van der Waals surface area contributed by atoms with Crippen molar-refractivity contribution in [2.75, 3.05) is 19.0 Å². The van der Waals surface area contributed by atoms with Crippen LogP contribution in [0.3, 0.4) is 0 Å². The second-order valence-electron chi connectivity index (χ2n) is 3.89. The highest BCUT2D eigenvalue weighted by Gasteiger charge is 2.00. The van der Waals surface area contributed by atoms with E-state index in [1.54, 1.807) is 0 Å². The lowest BCUT2D eigenvalue weighted by atomic mass is 10.2. The Morgan fingerprint density at radius 2 is 2.29 bits per heavy atom. The number of fused-ring (bicyclic) bond motifs is 1. The van der Waals surface area contributed by atoms with E-state index in [4.69, 9.17) is 0 Å². The number of hydrogen-bond acceptors (Lipinski definition) is 3. The molecule has 0 unspecified atom stereocenters. The number of rotatable bonds is 5. The van der Waals surface area contributed by atoms with Gasteiger partial charge in [0.15, 0.2) is 0 Å². The molecule has 0 radical (unpaired) electrons. The fraction of sp³-hybridized carbons (Fsp3) is 0.308. The number of aromatic amines is 1. The normalized spacial score (nSPS) is 10.4. The number of carbonyl (C=O) groups excluding carboxylic acids is 1. The van der Waals surface area contributed by atoms with Crippen molar-refractivity contribution in [3.63, 3.8) is 0 Å². The number of aromatic nitrogens is 1. The third kappa shape index (κ3) is 3.00. The van der Waals surface area contributed by atoms with Crippen LogP contribution in [0.4, 0.5) is 5.69 Å². The molecule has 0 aliphatic heterocycles. The molecule has 0 saturated heterocycles. The fourth-order valence-electron chi connectivity index (χ4n) is 1.73. The molecule has 0 fully saturated rings. The lowest BCUT2D eigenvalue weighted by Gasteiger charge is -2.05. The van der Waals surface area contributed by atoms with Gasteiger partial charge in [0.1, 0.15) is 0 Å². The Bertz CT molecular complexity index is 505. The first-order valence-electron chi connectivity index (χ1n) is 5.67. The Kier molecular flexibility index (Phi) is 3.65.